The number of aryl methyl sites for hydroxylation is 1. The van der Waals surface area contributed by atoms with Gasteiger partial charge in [0, 0.05) is 19.8 Å². The number of rotatable bonds is 4. The van der Waals surface area contributed by atoms with E-state index in [4.69, 9.17) is 0 Å². The molecular weight excluding hydrogens is 260 g/mol. The smallest absolute Gasteiger partial charge is 0.251 e. The van der Waals surface area contributed by atoms with Crippen molar-refractivity contribution in [3.05, 3.63) is 18.2 Å². The molecule has 20 heavy (non-hydrogen) atoms. The average molecular weight is 280 g/mol. The summed E-state index contributed by atoms with van der Waals surface area (Å²) in [5.41, 5.74) is 0.889. The van der Waals surface area contributed by atoms with E-state index in [2.05, 4.69) is 10.3 Å². The van der Waals surface area contributed by atoms with Crippen molar-refractivity contribution in [2.75, 3.05) is 13.1 Å². The van der Waals surface area contributed by atoms with Crippen LogP contribution >= 0.6 is 0 Å². The molecule has 0 saturated carbocycles. The van der Waals surface area contributed by atoms with Crippen LogP contribution in [0.5, 0.6) is 0 Å². The number of aromatic nitrogens is 2. The number of nitrogens with zero attached hydrogens (tertiary/aromatic N) is 3. The minimum atomic E-state index is -0.970. The Morgan fingerprint density at radius 2 is 2.35 bits per heavy atom. The number of imidazole rings is 1. The molecule has 0 spiro atoms. The van der Waals surface area contributed by atoms with Gasteiger partial charge in [-0.3, -0.25) is 9.59 Å². The first kappa shape index (κ1) is 14.5. The number of carbonyl (C=O) groups is 2. The molecule has 2 rings (SSSR count). The largest absolute Gasteiger partial charge is 0.383 e. The molecule has 110 valence electrons. The van der Waals surface area contributed by atoms with E-state index in [1.807, 2.05) is 11.6 Å². The summed E-state index contributed by atoms with van der Waals surface area (Å²) in [6.07, 6.45) is 4.48. The first-order valence-electron chi connectivity index (χ1n) is 6.76. The summed E-state index contributed by atoms with van der Waals surface area (Å²) in [5.74, 6) is -0.577. The summed E-state index contributed by atoms with van der Waals surface area (Å²) in [6.45, 7) is 0.892. The fourth-order valence-corrected chi connectivity index (χ4v) is 2.22. The van der Waals surface area contributed by atoms with Crippen LogP contribution in [0.25, 0.3) is 0 Å². The van der Waals surface area contributed by atoms with Crippen molar-refractivity contribution in [3.63, 3.8) is 0 Å². The Morgan fingerprint density at radius 1 is 1.55 bits per heavy atom. The molecule has 0 bridgehead atoms. The first-order valence-corrected chi connectivity index (χ1v) is 6.76. The predicted molar refractivity (Wildman–Crippen MR) is 71.5 cm³/mol. The SMILES string of the molecule is Cn1cncc1CNC(=O)CN1CCCCC(O)C1=O. The number of hydrogen-bond acceptors (Lipinski definition) is 4. The molecule has 1 unspecified atom stereocenters. The van der Waals surface area contributed by atoms with Crippen LogP contribution < -0.4 is 5.32 Å². The van der Waals surface area contributed by atoms with Crippen molar-refractivity contribution in [3.8, 4) is 0 Å². The van der Waals surface area contributed by atoms with Crippen LogP contribution in [0.15, 0.2) is 12.5 Å². The Hall–Kier alpha value is -1.89. The number of carbonyl (C=O) groups excluding carboxylic acids is 2. The van der Waals surface area contributed by atoms with Gasteiger partial charge in [0.05, 0.1) is 25.1 Å². The van der Waals surface area contributed by atoms with Crippen molar-refractivity contribution in [2.45, 2.75) is 31.9 Å². The fourth-order valence-electron chi connectivity index (χ4n) is 2.22. The summed E-state index contributed by atoms with van der Waals surface area (Å²) in [4.78, 5) is 29.1. The van der Waals surface area contributed by atoms with Crippen molar-refractivity contribution in [1.29, 1.82) is 0 Å². The number of aliphatic hydroxyl groups excluding tert-OH is 1. The quantitative estimate of drug-likeness (QED) is 0.771. The molecule has 7 nitrogen and oxygen atoms in total. The van der Waals surface area contributed by atoms with Crippen LogP contribution in [0.4, 0.5) is 0 Å². The van der Waals surface area contributed by atoms with Gasteiger partial charge in [0.25, 0.3) is 5.91 Å². The number of aliphatic hydroxyl groups is 1. The van der Waals surface area contributed by atoms with Crippen LogP contribution in [0.3, 0.4) is 0 Å². The topological polar surface area (TPSA) is 87.5 Å². The number of nitrogens with one attached hydrogen (secondary N) is 1. The summed E-state index contributed by atoms with van der Waals surface area (Å²) in [7, 11) is 1.85. The van der Waals surface area contributed by atoms with Gasteiger partial charge in [0.15, 0.2) is 0 Å². The number of amides is 2. The third-order valence-electron chi connectivity index (χ3n) is 3.47. The Kier molecular flexibility index (Phi) is 4.73. The minimum absolute atomic E-state index is 0.00621. The lowest BCUT2D eigenvalue weighted by Crippen LogP contribution is -2.44. The lowest BCUT2D eigenvalue weighted by Gasteiger charge is -2.21. The molecule has 1 saturated heterocycles. The molecule has 1 aliphatic rings. The van der Waals surface area contributed by atoms with Gasteiger partial charge in [-0.25, -0.2) is 4.98 Å². The third kappa shape index (κ3) is 3.57. The molecule has 1 aromatic rings. The van der Waals surface area contributed by atoms with Crippen molar-refractivity contribution in [2.24, 2.45) is 7.05 Å². The number of hydrogen-bond donors (Lipinski definition) is 2. The van der Waals surface area contributed by atoms with Crippen LogP contribution in [0.1, 0.15) is 25.0 Å². The van der Waals surface area contributed by atoms with E-state index in [0.29, 0.717) is 19.5 Å². The minimum Gasteiger partial charge on any atom is -0.383 e. The highest BCUT2D eigenvalue weighted by Crippen LogP contribution is 2.11. The molecule has 1 fully saturated rings. The zero-order valence-corrected chi connectivity index (χ0v) is 11.6. The Balaban J connectivity index is 1.84. The third-order valence-corrected chi connectivity index (χ3v) is 3.47. The molecular formula is C13H20N4O3. The standard InChI is InChI=1S/C13H20N4O3/c1-16-9-14-6-10(16)7-15-12(19)8-17-5-3-2-4-11(18)13(17)20/h6,9,11,18H,2-5,7-8H2,1H3,(H,15,19). The van der Waals surface area contributed by atoms with Gasteiger partial charge in [-0.05, 0) is 19.3 Å². The van der Waals surface area contributed by atoms with Crippen molar-refractivity contribution >= 4 is 11.8 Å². The molecule has 0 radical (unpaired) electrons. The van der Waals surface area contributed by atoms with Gasteiger partial charge in [-0.15, -0.1) is 0 Å². The molecule has 2 amide bonds. The lowest BCUT2D eigenvalue weighted by molar-refractivity contribution is -0.142. The zero-order chi connectivity index (χ0) is 14.5. The maximum atomic E-state index is 11.9. The van der Waals surface area contributed by atoms with Gasteiger partial charge in [0.1, 0.15) is 6.10 Å². The second-order valence-electron chi connectivity index (χ2n) is 5.04. The van der Waals surface area contributed by atoms with Gasteiger partial charge < -0.3 is 19.9 Å². The number of likely N-dealkylation sites (tertiary alicyclic amines) is 1. The molecule has 1 atom stereocenters. The Bertz CT molecular complexity index is 486. The van der Waals surface area contributed by atoms with E-state index < -0.39 is 6.10 Å². The fraction of sp³-hybridized carbons (Fsp3) is 0.615. The van der Waals surface area contributed by atoms with Gasteiger partial charge in [-0.1, -0.05) is 0 Å². The second-order valence-corrected chi connectivity index (χ2v) is 5.04. The maximum absolute atomic E-state index is 11.9. The predicted octanol–water partition coefficient (Wildman–Crippen LogP) is -0.590. The average Bonchev–Trinajstić information content (AvgIpc) is 2.77. The van der Waals surface area contributed by atoms with Crippen LogP contribution in [-0.4, -0.2) is 50.6 Å². The van der Waals surface area contributed by atoms with E-state index in [1.165, 1.54) is 4.90 Å². The monoisotopic (exact) mass is 280 g/mol. The summed E-state index contributed by atoms with van der Waals surface area (Å²) in [6, 6.07) is 0. The van der Waals surface area contributed by atoms with E-state index in [9.17, 15) is 14.7 Å². The highest BCUT2D eigenvalue weighted by atomic mass is 16.3. The Morgan fingerprint density at radius 3 is 3.05 bits per heavy atom. The molecule has 2 heterocycles. The van der Waals surface area contributed by atoms with Gasteiger partial charge >= 0.3 is 0 Å². The maximum Gasteiger partial charge on any atom is 0.251 e. The normalized spacial score (nSPS) is 19.8. The molecule has 2 N–H and O–H groups in total. The summed E-state index contributed by atoms with van der Waals surface area (Å²) in [5, 5.41) is 12.4. The van der Waals surface area contributed by atoms with Gasteiger partial charge in [0.2, 0.25) is 5.91 Å². The first-order chi connectivity index (χ1) is 9.58. The highest BCUT2D eigenvalue weighted by Gasteiger charge is 2.26. The zero-order valence-electron chi connectivity index (χ0n) is 11.6. The molecule has 0 aliphatic carbocycles. The lowest BCUT2D eigenvalue weighted by atomic mass is 10.2. The highest BCUT2D eigenvalue weighted by molar-refractivity contribution is 5.87. The molecule has 7 heteroatoms. The molecule has 1 aromatic heterocycles. The van der Waals surface area contributed by atoms with Gasteiger partial charge in [-0.2, -0.15) is 0 Å². The Labute approximate surface area is 117 Å². The molecule has 1 aliphatic heterocycles. The van der Waals surface area contributed by atoms with E-state index in [0.717, 1.165) is 18.5 Å². The second kappa shape index (κ2) is 6.51. The summed E-state index contributed by atoms with van der Waals surface area (Å²) >= 11 is 0. The van der Waals surface area contributed by atoms with Crippen LogP contribution in [-0.2, 0) is 23.2 Å². The van der Waals surface area contributed by atoms with Crippen LogP contribution in [0, 0.1) is 0 Å². The summed E-state index contributed by atoms with van der Waals surface area (Å²) < 4.78 is 1.82. The van der Waals surface area contributed by atoms with Crippen molar-refractivity contribution in [1.82, 2.24) is 19.8 Å². The van der Waals surface area contributed by atoms with E-state index in [1.54, 1.807) is 12.5 Å². The van der Waals surface area contributed by atoms with Crippen LogP contribution in [0.2, 0.25) is 0 Å². The molecule has 0 aromatic carbocycles. The van der Waals surface area contributed by atoms with Crippen molar-refractivity contribution < 1.29 is 14.7 Å². The van der Waals surface area contributed by atoms with E-state index >= 15 is 0 Å². The van der Waals surface area contributed by atoms with E-state index in [-0.39, 0.29) is 18.4 Å².